The number of hydrogen-bond acceptors (Lipinski definition) is 4. The molecular formula is C15H27N3O3. The zero-order chi connectivity index (χ0) is 15.6. The van der Waals surface area contributed by atoms with Crippen LogP contribution in [0.15, 0.2) is 0 Å². The number of nitrogens with zero attached hydrogens (tertiary/aromatic N) is 2. The summed E-state index contributed by atoms with van der Waals surface area (Å²) in [5.41, 5.74) is 0. The number of piperidine rings is 1. The lowest BCUT2D eigenvalue weighted by atomic mass is 9.79. The first-order valence-electron chi connectivity index (χ1n) is 7.82. The highest BCUT2D eigenvalue weighted by molar-refractivity contribution is 5.89. The lowest BCUT2D eigenvalue weighted by Crippen LogP contribution is -2.63. The molecule has 2 N–H and O–H groups in total. The second-order valence-corrected chi connectivity index (χ2v) is 6.43. The topological polar surface area (TPSA) is 72.9 Å². The van der Waals surface area contributed by atoms with Crippen LogP contribution in [-0.2, 0) is 9.59 Å². The molecular weight excluding hydrogens is 270 g/mol. The Morgan fingerprint density at radius 3 is 2.62 bits per heavy atom. The van der Waals surface area contributed by atoms with Crippen LogP contribution in [-0.4, -0.2) is 72.6 Å². The smallest absolute Gasteiger partial charge is 0.227 e. The van der Waals surface area contributed by atoms with E-state index in [2.05, 4.69) is 17.3 Å². The molecule has 2 aliphatic rings. The van der Waals surface area contributed by atoms with Crippen molar-refractivity contribution >= 4 is 11.8 Å². The minimum Gasteiger partial charge on any atom is -0.396 e. The highest BCUT2D eigenvalue weighted by atomic mass is 16.3. The summed E-state index contributed by atoms with van der Waals surface area (Å²) in [5.74, 6) is -0.406. The van der Waals surface area contributed by atoms with E-state index in [1.165, 1.54) is 0 Å². The average molecular weight is 297 g/mol. The Hall–Kier alpha value is -1.14. The van der Waals surface area contributed by atoms with Crippen molar-refractivity contribution in [2.75, 3.05) is 33.8 Å². The normalized spacial score (nSPS) is 28.7. The Bertz CT molecular complexity index is 394. The molecule has 0 unspecified atom stereocenters. The fourth-order valence-corrected chi connectivity index (χ4v) is 3.40. The van der Waals surface area contributed by atoms with Crippen LogP contribution in [0.1, 0.15) is 26.2 Å². The van der Waals surface area contributed by atoms with Crippen molar-refractivity contribution in [2.45, 2.75) is 38.3 Å². The van der Waals surface area contributed by atoms with Gasteiger partial charge in [0.2, 0.25) is 11.8 Å². The number of amides is 2. The van der Waals surface area contributed by atoms with Crippen molar-refractivity contribution in [3.05, 3.63) is 0 Å². The molecule has 2 heterocycles. The maximum atomic E-state index is 12.6. The monoisotopic (exact) mass is 297 g/mol. The minimum absolute atomic E-state index is 0.0136. The fourth-order valence-electron chi connectivity index (χ4n) is 3.40. The molecule has 0 saturated carbocycles. The van der Waals surface area contributed by atoms with Gasteiger partial charge in [-0.1, -0.05) is 6.92 Å². The van der Waals surface area contributed by atoms with Gasteiger partial charge in [-0.3, -0.25) is 9.59 Å². The molecule has 0 aromatic carbocycles. The van der Waals surface area contributed by atoms with Crippen molar-refractivity contribution in [1.29, 1.82) is 0 Å². The van der Waals surface area contributed by atoms with Crippen molar-refractivity contribution in [2.24, 2.45) is 11.8 Å². The van der Waals surface area contributed by atoms with Gasteiger partial charge in [0.1, 0.15) is 0 Å². The van der Waals surface area contributed by atoms with Gasteiger partial charge in [-0.25, -0.2) is 0 Å². The third-order valence-corrected chi connectivity index (χ3v) is 5.03. The van der Waals surface area contributed by atoms with Gasteiger partial charge in [0.05, 0.1) is 17.9 Å². The summed E-state index contributed by atoms with van der Waals surface area (Å²) in [6.07, 6.45) is 2.44. The molecule has 2 amide bonds. The van der Waals surface area contributed by atoms with Crippen LogP contribution >= 0.6 is 0 Å². The summed E-state index contributed by atoms with van der Waals surface area (Å²) in [7, 11) is 3.97. The number of carbonyl (C=O) groups excluding carboxylic acids is 2. The largest absolute Gasteiger partial charge is 0.396 e. The zero-order valence-electron chi connectivity index (χ0n) is 13.2. The number of hydrogen-bond donors (Lipinski definition) is 2. The first kappa shape index (κ1) is 16.2. The summed E-state index contributed by atoms with van der Waals surface area (Å²) in [5, 5.41) is 11.8. The highest BCUT2D eigenvalue weighted by Crippen LogP contribution is 2.27. The third kappa shape index (κ3) is 3.37. The maximum Gasteiger partial charge on any atom is 0.227 e. The second kappa shape index (κ2) is 6.75. The van der Waals surface area contributed by atoms with Gasteiger partial charge >= 0.3 is 0 Å². The van der Waals surface area contributed by atoms with Gasteiger partial charge in [0.25, 0.3) is 0 Å². The van der Waals surface area contributed by atoms with Crippen molar-refractivity contribution in [3.63, 3.8) is 0 Å². The molecule has 6 heteroatoms. The molecule has 0 aromatic rings. The van der Waals surface area contributed by atoms with Crippen molar-refractivity contribution < 1.29 is 14.7 Å². The summed E-state index contributed by atoms with van der Waals surface area (Å²) in [6.45, 7) is 3.90. The van der Waals surface area contributed by atoms with Crippen LogP contribution < -0.4 is 5.32 Å². The quantitative estimate of drug-likeness (QED) is 0.682. The molecule has 0 radical (unpaired) electrons. The predicted molar refractivity (Wildman–Crippen MR) is 79.6 cm³/mol. The second-order valence-electron chi connectivity index (χ2n) is 6.43. The lowest BCUT2D eigenvalue weighted by molar-refractivity contribution is -0.145. The Balaban J connectivity index is 1.91. The van der Waals surface area contributed by atoms with E-state index < -0.39 is 0 Å². The average Bonchev–Trinajstić information content (AvgIpc) is 2.48. The van der Waals surface area contributed by atoms with Crippen LogP contribution in [0.3, 0.4) is 0 Å². The molecule has 2 rings (SSSR count). The summed E-state index contributed by atoms with van der Waals surface area (Å²) in [4.78, 5) is 28.3. The van der Waals surface area contributed by atoms with Gasteiger partial charge in [-0.2, -0.15) is 0 Å². The first-order valence-corrected chi connectivity index (χ1v) is 7.82. The molecule has 6 nitrogen and oxygen atoms in total. The molecule has 0 spiro atoms. The van der Waals surface area contributed by atoms with E-state index >= 15 is 0 Å². The molecule has 0 bridgehead atoms. The van der Waals surface area contributed by atoms with E-state index in [0.29, 0.717) is 12.5 Å². The van der Waals surface area contributed by atoms with E-state index in [-0.39, 0.29) is 36.3 Å². The SMILES string of the molecule is C[C@@H](C(=O)N(C)C1CCN(C)CC1)[C@H]1NC(=O)[C@H]1CCO. The van der Waals surface area contributed by atoms with Gasteiger partial charge in [0, 0.05) is 19.7 Å². The van der Waals surface area contributed by atoms with Crippen LogP contribution in [0.25, 0.3) is 0 Å². The first-order chi connectivity index (χ1) is 9.95. The summed E-state index contributed by atoms with van der Waals surface area (Å²) >= 11 is 0. The Morgan fingerprint density at radius 1 is 1.48 bits per heavy atom. The number of likely N-dealkylation sites (tertiary alicyclic amines) is 1. The molecule has 0 aliphatic carbocycles. The van der Waals surface area contributed by atoms with Gasteiger partial charge in [0.15, 0.2) is 0 Å². The Labute approximate surface area is 126 Å². The minimum atomic E-state index is -0.232. The predicted octanol–water partition coefficient (Wildman–Crippen LogP) is -0.328. The maximum absolute atomic E-state index is 12.6. The highest BCUT2D eigenvalue weighted by Gasteiger charge is 2.45. The van der Waals surface area contributed by atoms with E-state index in [9.17, 15) is 9.59 Å². The fraction of sp³-hybridized carbons (Fsp3) is 0.867. The summed E-state index contributed by atoms with van der Waals surface area (Å²) < 4.78 is 0. The van der Waals surface area contributed by atoms with Gasteiger partial charge < -0.3 is 20.2 Å². The standard InChI is InChI=1S/C15H27N3O3/c1-10(13-12(6-9-19)14(20)16-13)15(21)18(3)11-4-7-17(2)8-5-11/h10-13,19H,4-9H2,1-3H3,(H,16,20)/t10-,12+,13-/m1/s1. The van der Waals surface area contributed by atoms with E-state index in [0.717, 1.165) is 25.9 Å². The van der Waals surface area contributed by atoms with Crippen LogP contribution in [0.2, 0.25) is 0 Å². The van der Waals surface area contributed by atoms with E-state index in [1.54, 1.807) is 0 Å². The van der Waals surface area contributed by atoms with Crippen LogP contribution in [0.5, 0.6) is 0 Å². The molecule has 2 saturated heterocycles. The number of aliphatic hydroxyl groups excluding tert-OH is 1. The Kier molecular flexibility index (Phi) is 5.22. The number of rotatable bonds is 5. The number of β-lactam (4-membered cyclic amide) rings is 1. The van der Waals surface area contributed by atoms with E-state index in [4.69, 9.17) is 5.11 Å². The lowest BCUT2D eigenvalue weighted by Gasteiger charge is -2.42. The molecule has 0 aromatic heterocycles. The molecule has 2 fully saturated rings. The van der Waals surface area contributed by atoms with Crippen molar-refractivity contribution in [3.8, 4) is 0 Å². The van der Waals surface area contributed by atoms with Gasteiger partial charge in [-0.15, -0.1) is 0 Å². The van der Waals surface area contributed by atoms with Crippen LogP contribution in [0, 0.1) is 11.8 Å². The molecule has 21 heavy (non-hydrogen) atoms. The number of aliphatic hydroxyl groups is 1. The molecule has 3 atom stereocenters. The number of carbonyl (C=O) groups is 2. The third-order valence-electron chi connectivity index (χ3n) is 5.03. The zero-order valence-corrected chi connectivity index (χ0v) is 13.2. The number of nitrogens with one attached hydrogen (secondary N) is 1. The summed E-state index contributed by atoms with van der Waals surface area (Å²) in [6, 6.07) is 0.161. The molecule has 120 valence electrons. The van der Waals surface area contributed by atoms with Gasteiger partial charge in [-0.05, 0) is 39.4 Å². The van der Waals surface area contributed by atoms with Crippen molar-refractivity contribution in [1.82, 2.24) is 15.1 Å². The Morgan fingerprint density at radius 2 is 2.10 bits per heavy atom. The molecule has 2 aliphatic heterocycles. The van der Waals surface area contributed by atoms with Crippen LogP contribution in [0.4, 0.5) is 0 Å². The van der Waals surface area contributed by atoms with E-state index in [1.807, 2.05) is 18.9 Å².